The number of hydrogen-bond donors (Lipinski definition) is 1. The average Bonchev–Trinajstić information content (AvgIpc) is 2.15. The van der Waals surface area contributed by atoms with Gasteiger partial charge >= 0.3 is 5.97 Å². The number of carboxylic acids is 1. The Balaban J connectivity index is 3.93. The third-order valence-electron chi connectivity index (χ3n) is 1.87. The molecule has 0 aliphatic carbocycles. The Morgan fingerprint density at radius 1 is 1.40 bits per heavy atom. The molecule has 0 aliphatic rings. The summed E-state index contributed by atoms with van der Waals surface area (Å²) in [4.78, 5) is 23.6. The second-order valence-electron chi connectivity index (χ2n) is 3.48. The van der Waals surface area contributed by atoms with Gasteiger partial charge in [-0.05, 0) is 12.2 Å². The van der Waals surface area contributed by atoms with Crippen LogP contribution < -0.4 is 0 Å². The quantitative estimate of drug-likeness (QED) is 0.723. The molecule has 0 unspecified atom stereocenters. The number of carbonyl (C=O) groups excluding carboxylic acids is 1. The summed E-state index contributed by atoms with van der Waals surface area (Å²) in [7, 11) is 0. The van der Waals surface area contributed by atoms with E-state index < -0.39 is 5.97 Å². The molecule has 0 saturated heterocycles. The Morgan fingerprint density at radius 3 is 2.40 bits per heavy atom. The van der Waals surface area contributed by atoms with E-state index in [1.165, 1.54) is 0 Å². The smallest absolute Gasteiger partial charge is 0.305 e. The van der Waals surface area contributed by atoms with Gasteiger partial charge in [0.15, 0.2) is 0 Å². The van der Waals surface area contributed by atoms with E-state index in [-0.39, 0.29) is 12.3 Å². The molecule has 0 bridgehead atoms. The van der Waals surface area contributed by atoms with Crippen molar-refractivity contribution in [1.82, 2.24) is 4.90 Å². The predicted octanol–water partition coefficient (Wildman–Crippen LogP) is 1.45. The van der Waals surface area contributed by atoms with Crippen molar-refractivity contribution in [3.8, 4) is 0 Å². The zero-order valence-electron chi connectivity index (χ0n) is 9.52. The molecule has 0 fully saturated rings. The third kappa shape index (κ3) is 7.25. The van der Waals surface area contributed by atoms with E-state index in [9.17, 15) is 9.59 Å². The molecular formula is C10H19NO3S. The topological polar surface area (TPSA) is 57.6 Å². The number of thioether (sulfide) groups is 1. The average molecular weight is 233 g/mol. The maximum atomic E-state index is 11.6. The van der Waals surface area contributed by atoms with Gasteiger partial charge in [-0.1, -0.05) is 13.8 Å². The van der Waals surface area contributed by atoms with Crippen LogP contribution in [0.1, 0.15) is 27.2 Å². The molecule has 0 spiro atoms. The first kappa shape index (κ1) is 14.3. The number of carboxylic acid groups (broad SMARTS) is 1. The van der Waals surface area contributed by atoms with Crippen molar-refractivity contribution in [3.63, 3.8) is 0 Å². The molecule has 0 rings (SSSR count). The lowest BCUT2D eigenvalue weighted by Gasteiger charge is -2.20. The van der Waals surface area contributed by atoms with E-state index in [0.29, 0.717) is 24.1 Å². The Morgan fingerprint density at radius 2 is 2.00 bits per heavy atom. The van der Waals surface area contributed by atoms with Gasteiger partial charge in [0, 0.05) is 13.1 Å². The van der Waals surface area contributed by atoms with Crippen molar-refractivity contribution in [2.45, 2.75) is 32.4 Å². The molecule has 1 N–H and O–H groups in total. The maximum Gasteiger partial charge on any atom is 0.305 e. The number of aliphatic carboxylic acids is 1. The fourth-order valence-electron chi connectivity index (χ4n) is 1.02. The van der Waals surface area contributed by atoms with Crippen LogP contribution in [0.25, 0.3) is 0 Å². The number of nitrogens with zero attached hydrogens (tertiary/aromatic N) is 1. The molecule has 0 aliphatic heterocycles. The first-order valence-corrected chi connectivity index (χ1v) is 6.13. The first-order valence-electron chi connectivity index (χ1n) is 5.08. The van der Waals surface area contributed by atoms with Crippen LogP contribution in [-0.4, -0.2) is 46.0 Å². The van der Waals surface area contributed by atoms with Gasteiger partial charge in [0.05, 0.1) is 12.2 Å². The van der Waals surface area contributed by atoms with Crippen LogP contribution in [0.5, 0.6) is 0 Å². The predicted molar refractivity (Wildman–Crippen MR) is 62.1 cm³/mol. The summed E-state index contributed by atoms with van der Waals surface area (Å²) in [5, 5.41) is 8.94. The Labute approximate surface area is 95.0 Å². The van der Waals surface area contributed by atoms with Crippen molar-refractivity contribution >= 4 is 23.6 Å². The highest BCUT2D eigenvalue weighted by Crippen LogP contribution is 2.10. The minimum Gasteiger partial charge on any atom is -0.481 e. The third-order valence-corrected chi connectivity index (χ3v) is 2.95. The van der Waals surface area contributed by atoms with E-state index >= 15 is 0 Å². The fourth-order valence-corrected chi connectivity index (χ4v) is 1.68. The number of rotatable bonds is 7. The van der Waals surface area contributed by atoms with Gasteiger partial charge in [-0.25, -0.2) is 0 Å². The van der Waals surface area contributed by atoms with Crippen molar-refractivity contribution in [2.24, 2.45) is 0 Å². The molecule has 1 amide bonds. The molecule has 4 nitrogen and oxygen atoms in total. The van der Waals surface area contributed by atoms with Crippen molar-refractivity contribution in [1.29, 1.82) is 0 Å². The largest absolute Gasteiger partial charge is 0.481 e. The molecule has 0 radical (unpaired) electrons. The highest BCUT2D eigenvalue weighted by molar-refractivity contribution is 8.00. The minimum atomic E-state index is -0.863. The second kappa shape index (κ2) is 7.56. The Hall–Kier alpha value is -0.710. The van der Waals surface area contributed by atoms with Crippen LogP contribution >= 0.6 is 11.8 Å². The minimum absolute atomic E-state index is 0.0198. The lowest BCUT2D eigenvalue weighted by atomic mass is 10.4. The van der Waals surface area contributed by atoms with Crippen molar-refractivity contribution in [2.75, 3.05) is 18.8 Å². The van der Waals surface area contributed by atoms with Gasteiger partial charge in [-0.15, -0.1) is 11.8 Å². The number of hydrogen-bond acceptors (Lipinski definition) is 3. The summed E-state index contributed by atoms with van der Waals surface area (Å²) in [6.45, 7) is 6.81. The summed E-state index contributed by atoms with van der Waals surface area (Å²) < 4.78 is 0. The molecule has 0 saturated carbocycles. The van der Waals surface area contributed by atoms with Crippen LogP contribution in [0.4, 0.5) is 0 Å². The monoisotopic (exact) mass is 233 g/mol. The molecule has 0 aromatic carbocycles. The van der Waals surface area contributed by atoms with Gasteiger partial charge in [0.25, 0.3) is 0 Å². The first-order chi connectivity index (χ1) is 6.97. The zero-order chi connectivity index (χ0) is 11.8. The standard InChI is InChI=1S/C10H19NO3S/c1-4-11(6-5-10(13)14)9(12)7-15-8(2)3/h8H,4-7H2,1-3H3,(H,13,14). The highest BCUT2D eigenvalue weighted by Gasteiger charge is 2.13. The zero-order valence-corrected chi connectivity index (χ0v) is 10.3. The van der Waals surface area contributed by atoms with Crippen LogP contribution in [0.2, 0.25) is 0 Å². The fraction of sp³-hybridized carbons (Fsp3) is 0.800. The maximum absolute atomic E-state index is 11.6. The summed E-state index contributed by atoms with van der Waals surface area (Å²) in [5.41, 5.74) is 0. The Bertz CT molecular complexity index is 219. The van der Waals surface area contributed by atoms with E-state index in [4.69, 9.17) is 5.11 Å². The molecule has 0 atom stereocenters. The lowest BCUT2D eigenvalue weighted by Crippen LogP contribution is -2.34. The van der Waals surface area contributed by atoms with Gasteiger partial charge in [0.2, 0.25) is 5.91 Å². The second-order valence-corrected chi connectivity index (χ2v) is 5.04. The summed E-state index contributed by atoms with van der Waals surface area (Å²) in [6, 6.07) is 0. The highest BCUT2D eigenvalue weighted by atomic mass is 32.2. The Kier molecular flexibility index (Phi) is 7.21. The number of carbonyl (C=O) groups is 2. The van der Waals surface area contributed by atoms with Crippen LogP contribution in [-0.2, 0) is 9.59 Å². The summed E-state index contributed by atoms with van der Waals surface area (Å²) in [5.74, 6) is -0.402. The SMILES string of the molecule is CCN(CCC(=O)O)C(=O)CSC(C)C. The van der Waals surface area contributed by atoms with Crippen LogP contribution in [0.3, 0.4) is 0 Å². The van der Waals surface area contributed by atoms with Gasteiger partial charge in [-0.3, -0.25) is 9.59 Å². The van der Waals surface area contributed by atoms with E-state index in [1.54, 1.807) is 16.7 Å². The van der Waals surface area contributed by atoms with Gasteiger partial charge < -0.3 is 10.0 Å². The van der Waals surface area contributed by atoms with Crippen LogP contribution in [0, 0.1) is 0 Å². The van der Waals surface area contributed by atoms with E-state index in [2.05, 4.69) is 0 Å². The summed E-state index contributed by atoms with van der Waals surface area (Å²) in [6.07, 6.45) is 0.0198. The number of amides is 1. The molecule has 88 valence electrons. The van der Waals surface area contributed by atoms with Crippen molar-refractivity contribution < 1.29 is 14.7 Å². The van der Waals surface area contributed by atoms with Crippen molar-refractivity contribution in [3.05, 3.63) is 0 Å². The van der Waals surface area contributed by atoms with E-state index in [0.717, 1.165) is 0 Å². The molecule has 0 aromatic heterocycles. The van der Waals surface area contributed by atoms with E-state index in [1.807, 2.05) is 20.8 Å². The lowest BCUT2D eigenvalue weighted by molar-refractivity contribution is -0.138. The normalized spacial score (nSPS) is 10.4. The van der Waals surface area contributed by atoms with Gasteiger partial charge in [0.1, 0.15) is 0 Å². The van der Waals surface area contributed by atoms with Gasteiger partial charge in [-0.2, -0.15) is 0 Å². The molecular weight excluding hydrogens is 214 g/mol. The van der Waals surface area contributed by atoms with Crippen LogP contribution in [0.15, 0.2) is 0 Å². The summed E-state index contributed by atoms with van der Waals surface area (Å²) >= 11 is 1.58. The molecule has 15 heavy (non-hydrogen) atoms. The molecule has 5 heteroatoms. The molecule has 0 heterocycles. The molecule has 0 aromatic rings.